The Labute approximate surface area is 125 Å². The van der Waals surface area contributed by atoms with Crippen LogP contribution in [0.4, 0.5) is 16.2 Å². The van der Waals surface area contributed by atoms with Crippen molar-refractivity contribution in [2.45, 2.75) is 0 Å². The average molecular weight is 296 g/mol. The molecule has 0 unspecified atom stereocenters. The molecule has 2 aromatic carbocycles. The van der Waals surface area contributed by atoms with Crippen LogP contribution >= 0.6 is 0 Å². The van der Waals surface area contributed by atoms with Gasteiger partial charge in [0, 0.05) is 11.4 Å². The first-order valence-electron chi connectivity index (χ1n) is 6.46. The number of H-pyrrole nitrogens is 1. The second kappa shape index (κ2) is 5.57. The van der Waals surface area contributed by atoms with Gasteiger partial charge in [-0.25, -0.2) is 14.6 Å². The van der Waals surface area contributed by atoms with Gasteiger partial charge in [0.05, 0.1) is 22.9 Å². The zero-order chi connectivity index (χ0) is 15.5. The number of urea groups is 1. The highest BCUT2D eigenvalue weighted by Crippen LogP contribution is 2.16. The molecule has 1 heterocycles. The van der Waals surface area contributed by atoms with Crippen LogP contribution in [-0.4, -0.2) is 27.1 Å². The first kappa shape index (κ1) is 13.6. The normalized spacial score (nSPS) is 10.4. The van der Waals surface area contributed by atoms with E-state index in [4.69, 9.17) is 5.11 Å². The van der Waals surface area contributed by atoms with Crippen LogP contribution in [0.3, 0.4) is 0 Å². The van der Waals surface area contributed by atoms with Gasteiger partial charge in [-0.3, -0.25) is 0 Å². The lowest BCUT2D eigenvalue weighted by atomic mass is 10.2. The SMILES string of the molecule is O=C(Nc1cccc(C(=O)O)c1)Nc1ccc2nc[nH]c2c1. The number of aromatic carboxylic acids is 1. The van der Waals surface area contributed by atoms with Crippen LogP contribution < -0.4 is 10.6 Å². The second-order valence-corrected chi connectivity index (χ2v) is 4.60. The number of carboxylic acid groups (broad SMARTS) is 1. The summed E-state index contributed by atoms with van der Waals surface area (Å²) in [6.45, 7) is 0. The van der Waals surface area contributed by atoms with Gasteiger partial charge in [0.2, 0.25) is 0 Å². The third-order valence-corrected chi connectivity index (χ3v) is 3.05. The lowest BCUT2D eigenvalue weighted by molar-refractivity contribution is 0.0697. The third kappa shape index (κ3) is 2.88. The molecule has 0 bridgehead atoms. The molecule has 4 N–H and O–H groups in total. The fourth-order valence-corrected chi connectivity index (χ4v) is 2.04. The zero-order valence-corrected chi connectivity index (χ0v) is 11.3. The number of hydrogen-bond acceptors (Lipinski definition) is 3. The number of carbonyl (C=O) groups is 2. The molecule has 0 aliphatic rings. The van der Waals surface area contributed by atoms with Crippen molar-refractivity contribution in [1.82, 2.24) is 9.97 Å². The Morgan fingerprint density at radius 1 is 1.05 bits per heavy atom. The predicted octanol–water partition coefficient (Wildman–Crippen LogP) is 2.91. The number of imidazole rings is 1. The van der Waals surface area contributed by atoms with Crippen LogP contribution in [0.25, 0.3) is 11.0 Å². The van der Waals surface area contributed by atoms with Gasteiger partial charge in [0.15, 0.2) is 0 Å². The third-order valence-electron chi connectivity index (χ3n) is 3.05. The van der Waals surface area contributed by atoms with E-state index in [1.807, 2.05) is 0 Å². The highest BCUT2D eigenvalue weighted by atomic mass is 16.4. The molecule has 3 aromatic rings. The van der Waals surface area contributed by atoms with Gasteiger partial charge >= 0.3 is 12.0 Å². The fourth-order valence-electron chi connectivity index (χ4n) is 2.04. The van der Waals surface area contributed by atoms with E-state index >= 15 is 0 Å². The summed E-state index contributed by atoms with van der Waals surface area (Å²) >= 11 is 0. The fraction of sp³-hybridized carbons (Fsp3) is 0. The summed E-state index contributed by atoms with van der Waals surface area (Å²) in [5.41, 5.74) is 2.73. The van der Waals surface area contributed by atoms with Gasteiger partial charge in [-0.05, 0) is 36.4 Å². The van der Waals surface area contributed by atoms with Crippen molar-refractivity contribution in [2.75, 3.05) is 10.6 Å². The van der Waals surface area contributed by atoms with Crippen molar-refractivity contribution in [3.8, 4) is 0 Å². The molecule has 0 fully saturated rings. The Morgan fingerprint density at radius 3 is 2.59 bits per heavy atom. The van der Waals surface area contributed by atoms with Gasteiger partial charge in [-0.1, -0.05) is 6.07 Å². The van der Waals surface area contributed by atoms with E-state index in [9.17, 15) is 9.59 Å². The lowest BCUT2D eigenvalue weighted by Crippen LogP contribution is -2.19. The standard InChI is InChI=1S/C15H12N4O3/c20-14(21)9-2-1-3-10(6-9)18-15(22)19-11-4-5-12-13(7-11)17-8-16-12/h1-8H,(H,16,17)(H,20,21)(H2,18,19,22). The predicted molar refractivity (Wildman–Crippen MR) is 82.1 cm³/mol. The Hall–Kier alpha value is -3.35. The van der Waals surface area contributed by atoms with E-state index in [0.717, 1.165) is 11.0 Å². The van der Waals surface area contributed by atoms with E-state index < -0.39 is 12.0 Å². The number of rotatable bonds is 3. The molecular weight excluding hydrogens is 284 g/mol. The largest absolute Gasteiger partial charge is 0.478 e. The first-order valence-corrected chi connectivity index (χ1v) is 6.46. The minimum atomic E-state index is -1.05. The maximum atomic E-state index is 11.9. The Bertz CT molecular complexity index is 857. The van der Waals surface area contributed by atoms with Gasteiger partial charge in [-0.15, -0.1) is 0 Å². The summed E-state index contributed by atoms with van der Waals surface area (Å²) in [5, 5.41) is 14.2. The number of hydrogen-bond donors (Lipinski definition) is 4. The molecule has 1 aromatic heterocycles. The number of anilines is 2. The topological polar surface area (TPSA) is 107 Å². The van der Waals surface area contributed by atoms with Crippen molar-refractivity contribution in [3.63, 3.8) is 0 Å². The molecule has 0 radical (unpaired) electrons. The highest BCUT2D eigenvalue weighted by Gasteiger charge is 2.07. The van der Waals surface area contributed by atoms with Crippen molar-refractivity contribution in [3.05, 3.63) is 54.4 Å². The molecule has 3 rings (SSSR count). The van der Waals surface area contributed by atoms with Crippen molar-refractivity contribution >= 4 is 34.4 Å². The Morgan fingerprint density at radius 2 is 1.82 bits per heavy atom. The van der Waals surface area contributed by atoms with Crippen LogP contribution in [0, 0.1) is 0 Å². The number of amides is 2. The Balaban J connectivity index is 1.71. The maximum Gasteiger partial charge on any atom is 0.335 e. The number of aromatic amines is 1. The molecule has 0 saturated carbocycles. The summed E-state index contributed by atoms with van der Waals surface area (Å²) < 4.78 is 0. The average Bonchev–Trinajstić information content (AvgIpc) is 2.95. The second-order valence-electron chi connectivity index (χ2n) is 4.60. The monoisotopic (exact) mass is 296 g/mol. The minimum Gasteiger partial charge on any atom is -0.478 e. The van der Waals surface area contributed by atoms with Gasteiger partial charge < -0.3 is 20.7 Å². The van der Waals surface area contributed by atoms with Crippen LogP contribution in [0.1, 0.15) is 10.4 Å². The van der Waals surface area contributed by atoms with E-state index in [0.29, 0.717) is 11.4 Å². The van der Waals surface area contributed by atoms with Gasteiger partial charge in [-0.2, -0.15) is 0 Å². The quantitative estimate of drug-likeness (QED) is 0.596. The maximum absolute atomic E-state index is 11.9. The molecule has 7 nitrogen and oxygen atoms in total. The molecule has 2 amide bonds. The number of carboxylic acids is 1. The van der Waals surface area contributed by atoms with Crippen LogP contribution in [-0.2, 0) is 0 Å². The number of aromatic nitrogens is 2. The van der Waals surface area contributed by atoms with Crippen LogP contribution in [0.15, 0.2) is 48.8 Å². The van der Waals surface area contributed by atoms with Crippen LogP contribution in [0.5, 0.6) is 0 Å². The molecule has 7 heteroatoms. The summed E-state index contributed by atoms with van der Waals surface area (Å²) in [6.07, 6.45) is 1.58. The van der Waals surface area contributed by atoms with Gasteiger partial charge in [0.25, 0.3) is 0 Å². The minimum absolute atomic E-state index is 0.108. The number of fused-ring (bicyclic) bond motifs is 1. The molecule has 0 aliphatic carbocycles. The molecule has 0 spiro atoms. The smallest absolute Gasteiger partial charge is 0.335 e. The summed E-state index contributed by atoms with van der Waals surface area (Å²) in [4.78, 5) is 29.9. The highest BCUT2D eigenvalue weighted by molar-refractivity contribution is 6.01. The van der Waals surface area contributed by atoms with Gasteiger partial charge in [0.1, 0.15) is 0 Å². The van der Waals surface area contributed by atoms with Crippen molar-refractivity contribution < 1.29 is 14.7 Å². The summed E-state index contributed by atoms with van der Waals surface area (Å²) in [7, 11) is 0. The number of carbonyl (C=O) groups excluding carboxylic acids is 1. The number of nitrogens with zero attached hydrogens (tertiary/aromatic N) is 1. The first-order chi connectivity index (χ1) is 10.6. The molecule has 22 heavy (non-hydrogen) atoms. The summed E-state index contributed by atoms with van der Waals surface area (Å²) in [5.74, 6) is -1.05. The van der Waals surface area contributed by atoms with E-state index in [-0.39, 0.29) is 5.56 Å². The van der Waals surface area contributed by atoms with E-state index in [2.05, 4.69) is 20.6 Å². The van der Waals surface area contributed by atoms with E-state index in [1.165, 1.54) is 12.1 Å². The molecule has 0 atom stereocenters. The molecule has 0 aliphatic heterocycles. The van der Waals surface area contributed by atoms with E-state index in [1.54, 1.807) is 36.7 Å². The van der Waals surface area contributed by atoms with Crippen molar-refractivity contribution in [2.24, 2.45) is 0 Å². The number of nitrogens with one attached hydrogen (secondary N) is 3. The summed E-state index contributed by atoms with van der Waals surface area (Å²) in [6, 6.07) is 10.8. The lowest BCUT2D eigenvalue weighted by Gasteiger charge is -2.08. The zero-order valence-electron chi connectivity index (χ0n) is 11.3. The number of benzene rings is 2. The van der Waals surface area contributed by atoms with Crippen molar-refractivity contribution in [1.29, 1.82) is 0 Å². The Kier molecular flexibility index (Phi) is 3.45. The van der Waals surface area contributed by atoms with Crippen LogP contribution in [0.2, 0.25) is 0 Å². The molecule has 0 saturated heterocycles. The molecule has 110 valence electrons. The molecular formula is C15H12N4O3.